The maximum absolute atomic E-state index is 13.2. The summed E-state index contributed by atoms with van der Waals surface area (Å²) in [6.45, 7) is 9.35. The van der Waals surface area contributed by atoms with E-state index in [1.165, 1.54) is 7.11 Å². The molecular weight excluding hydrogens is 376 g/mol. The van der Waals surface area contributed by atoms with Crippen molar-refractivity contribution in [1.82, 2.24) is 0 Å². The minimum Gasteiger partial charge on any atom is -0.497 e. The molecule has 0 aliphatic carbocycles. The number of ether oxygens (including phenoxy) is 4. The number of carboxylic acids is 1. The van der Waals surface area contributed by atoms with E-state index >= 15 is 0 Å². The fourth-order valence-corrected chi connectivity index (χ4v) is 3.80. The van der Waals surface area contributed by atoms with Crippen LogP contribution in [0.4, 0.5) is 0 Å². The second kappa shape index (κ2) is 9.03. The first kappa shape index (κ1) is 23.0. The Labute approximate surface area is 172 Å². The van der Waals surface area contributed by atoms with Gasteiger partial charge >= 0.3 is 11.9 Å². The molecule has 1 aliphatic rings. The van der Waals surface area contributed by atoms with Gasteiger partial charge < -0.3 is 24.1 Å². The number of esters is 1. The third-order valence-electron chi connectivity index (χ3n) is 4.88. The maximum atomic E-state index is 13.2. The largest absolute Gasteiger partial charge is 0.497 e. The van der Waals surface area contributed by atoms with Crippen LogP contribution < -0.4 is 9.47 Å². The van der Waals surface area contributed by atoms with Gasteiger partial charge in [-0.05, 0) is 45.2 Å². The van der Waals surface area contributed by atoms with E-state index in [-0.39, 0.29) is 5.92 Å². The molecule has 0 saturated carbocycles. The quantitative estimate of drug-likeness (QED) is 0.685. The third-order valence-corrected chi connectivity index (χ3v) is 4.88. The van der Waals surface area contributed by atoms with Crippen LogP contribution in [0.3, 0.4) is 0 Å². The van der Waals surface area contributed by atoms with Crippen LogP contribution in [0.5, 0.6) is 11.5 Å². The molecule has 7 nitrogen and oxygen atoms in total. The van der Waals surface area contributed by atoms with Crippen molar-refractivity contribution in [1.29, 1.82) is 0 Å². The van der Waals surface area contributed by atoms with E-state index < -0.39 is 41.6 Å². The van der Waals surface area contributed by atoms with E-state index in [1.54, 1.807) is 46.1 Å². The molecule has 1 aromatic rings. The minimum atomic E-state index is -1.10. The van der Waals surface area contributed by atoms with Crippen molar-refractivity contribution < 1.29 is 33.6 Å². The van der Waals surface area contributed by atoms with Gasteiger partial charge in [0.1, 0.15) is 23.2 Å². The highest BCUT2D eigenvalue weighted by Gasteiger charge is 2.53. The second-order valence-corrected chi connectivity index (χ2v) is 8.78. The first-order chi connectivity index (χ1) is 13.5. The molecule has 1 aromatic carbocycles. The fourth-order valence-electron chi connectivity index (χ4n) is 3.80. The Morgan fingerprint density at radius 1 is 1.17 bits per heavy atom. The van der Waals surface area contributed by atoms with E-state index in [4.69, 9.17) is 18.9 Å². The lowest BCUT2D eigenvalue weighted by Crippen LogP contribution is -2.36. The lowest BCUT2D eigenvalue weighted by atomic mass is 9.79. The molecule has 7 heteroatoms. The molecule has 2 rings (SSSR count). The summed E-state index contributed by atoms with van der Waals surface area (Å²) in [6, 6.07) is 5.17. The van der Waals surface area contributed by atoms with Crippen molar-refractivity contribution >= 4 is 11.9 Å². The molecule has 2 unspecified atom stereocenters. The van der Waals surface area contributed by atoms with Gasteiger partial charge in [0.05, 0.1) is 20.1 Å². The first-order valence-corrected chi connectivity index (χ1v) is 9.81. The molecule has 0 amide bonds. The number of carbonyl (C=O) groups excluding carboxylic acids is 1. The van der Waals surface area contributed by atoms with Crippen molar-refractivity contribution in [2.45, 2.75) is 58.8 Å². The van der Waals surface area contributed by atoms with Crippen molar-refractivity contribution in [2.24, 2.45) is 17.8 Å². The predicted octanol–water partition coefficient (Wildman–Crippen LogP) is 3.85. The molecule has 0 aromatic heterocycles. The van der Waals surface area contributed by atoms with Crippen LogP contribution in [0.1, 0.15) is 52.7 Å². The number of carbonyl (C=O) groups is 2. The van der Waals surface area contributed by atoms with Crippen LogP contribution in [0.25, 0.3) is 0 Å². The van der Waals surface area contributed by atoms with E-state index in [0.717, 1.165) is 0 Å². The zero-order chi connectivity index (χ0) is 21.9. The number of carboxylic acid groups (broad SMARTS) is 1. The Morgan fingerprint density at radius 2 is 1.83 bits per heavy atom. The van der Waals surface area contributed by atoms with Crippen LogP contribution >= 0.6 is 0 Å². The van der Waals surface area contributed by atoms with Gasteiger partial charge in [-0.3, -0.25) is 4.79 Å². The Balaban J connectivity index is 2.55. The Morgan fingerprint density at radius 3 is 2.31 bits per heavy atom. The summed E-state index contributed by atoms with van der Waals surface area (Å²) in [7, 11) is 3.05. The standard InChI is InChI=1S/C22H32O7/c1-12(2)10-15-17(21(25)29-22(3,4)5)18(28-19(15)20(23)24)14-9-8-13(26-6)11-16(14)27-7/h8-9,11-12,15,17-19H,10H2,1-7H3,(H,23,24)/t15-,17?,18?,19-/m1/s1. The zero-order valence-electron chi connectivity index (χ0n) is 18.2. The van der Waals surface area contributed by atoms with E-state index in [9.17, 15) is 14.7 Å². The SMILES string of the molecule is COc1ccc(C2O[C@@H](C(=O)O)[C@H](CC(C)C)C2C(=O)OC(C)(C)C)c(OC)c1. The molecule has 1 heterocycles. The number of hydrogen-bond acceptors (Lipinski definition) is 6. The maximum Gasteiger partial charge on any atom is 0.333 e. The number of rotatable bonds is 7. The van der Waals surface area contributed by atoms with Crippen molar-refractivity contribution in [3.8, 4) is 11.5 Å². The molecule has 0 spiro atoms. The zero-order valence-corrected chi connectivity index (χ0v) is 18.2. The van der Waals surface area contributed by atoms with Gasteiger partial charge in [0.15, 0.2) is 6.10 Å². The van der Waals surface area contributed by atoms with Crippen LogP contribution in [0.15, 0.2) is 18.2 Å². The summed E-state index contributed by atoms with van der Waals surface area (Å²) >= 11 is 0. The van der Waals surface area contributed by atoms with Gasteiger partial charge in [-0.1, -0.05) is 13.8 Å². The molecule has 1 aliphatic heterocycles. The summed E-state index contributed by atoms with van der Waals surface area (Å²) in [4.78, 5) is 25.1. The summed E-state index contributed by atoms with van der Waals surface area (Å²) in [5.41, 5.74) is -0.100. The molecule has 1 N–H and O–H groups in total. The highest BCUT2D eigenvalue weighted by molar-refractivity contribution is 5.79. The molecule has 1 fully saturated rings. The van der Waals surface area contributed by atoms with Crippen LogP contribution in [0, 0.1) is 17.8 Å². The van der Waals surface area contributed by atoms with E-state index in [2.05, 4.69) is 0 Å². The van der Waals surface area contributed by atoms with Gasteiger partial charge in [0.2, 0.25) is 0 Å². The summed E-state index contributed by atoms with van der Waals surface area (Å²) in [5.74, 6) is -1.58. The number of methoxy groups -OCH3 is 2. The Bertz CT molecular complexity index is 735. The average Bonchev–Trinajstić information content (AvgIpc) is 2.98. The molecular formula is C22H32O7. The van der Waals surface area contributed by atoms with Gasteiger partial charge in [-0.2, -0.15) is 0 Å². The van der Waals surface area contributed by atoms with Gasteiger partial charge in [-0.15, -0.1) is 0 Å². The van der Waals surface area contributed by atoms with Gasteiger partial charge in [0.25, 0.3) is 0 Å². The first-order valence-electron chi connectivity index (χ1n) is 9.81. The molecule has 29 heavy (non-hydrogen) atoms. The Kier molecular flexibility index (Phi) is 7.16. The highest BCUT2D eigenvalue weighted by Crippen LogP contribution is 2.48. The average molecular weight is 408 g/mol. The molecule has 1 saturated heterocycles. The number of aliphatic carboxylic acids is 1. The molecule has 4 atom stereocenters. The molecule has 162 valence electrons. The van der Waals surface area contributed by atoms with Crippen molar-refractivity contribution in [2.75, 3.05) is 14.2 Å². The highest BCUT2D eigenvalue weighted by atomic mass is 16.6. The lowest BCUT2D eigenvalue weighted by Gasteiger charge is -2.28. The number of hydrogen-bond donors (Lipinski definition) is 1. The Hall–Kier alpha value is -2.28. The van der Waals surface area contributed by atoms with Gasteiger partial charge in [0, 0.05) is 17.5 Å². The second-order valence-electron chi connectivity index (χ2n) is 8.78. The van der Waals surface area contributed by atoms with Crippen LogP contribution in [-0.2, 0) is 19.1 Å². The van der Waals surface area contributed by atoms with Crippen LogP contribution in [0.2, 0.25) is 0 Å². The van der Waals surface area contributed by atoms with Crippen molar-refractivity contribution in [3.05, 3.63) is 23.8 Å². The normalized spacial score (nSPS) is 24.4. The van der Waals surface area contributed by atoms with Gasteiger partial charge in [-0.25, -0.2) is 4.79 Å². The monoisotopic (exact) mass is 408 g/mol. The summed E-state index contributed by atoms with van der Waals surface area (Å²) < 4.78 is 22.3. The number of benzene rings is 1. The molecule has 0 bridgehead atoms. The molecule has 0 radical (unpaired) electrons. The third kappa shape index (κ3) is 5.41. The smallest absolute Gasteiger partial charge is 0.333 e. The lowest BCUT2D eigenvalue weighted by molar-refractivity contribution is -0.163. The topological polar surface area (TPSA) is 91.3 Å². The summed E-state index contributed by atoms with van der Waals surface area (Å²) in [6.07, 6.45) is -1.38. The fraction of sp³-hybridized carbons (Fsp3) is 0.636. The minimum absolute atomic E-state index is 0.187. The summed E-state index contributed by atoms with van der Waals surface area (Å²) in [5, 5.41) is 9.77. The predicted molar refractivity (Wildman–Crippen MR) is 107 cm³/mol. The van der Waals surface area contributed by atoms with E-state index in [0.29, 0.717) is 23.5 Å². The van der Waals surface area contributed by atoms with Crippen LogP contribution in [-0.4, -0.2) is 43.0 Å². The van der Waals surface area contributed by atoms with Crippen molar-refractivity contribution in [3.63, 3.8) is 0 Å². The van der Waals surface area contributed by atoms with E-state index in [1.807, 2.05) is 13.8 Å².